The Morgan fingerprint density at radius 3 is 2.82 bits per heavy atom. The molecule has 22 heavy (non-hydrogen) atoms. The second-order valence-corrected chi connectivity index (χ2v) is 5.47. The molecule has 1 aromatic heterocycles. The molecule has 0 saturated carbocycles. The third kappa shape index (κ3) is 3.80. The standard InChI is InChI=1S/C16H20ClN3O2/c1-4-12(22-14-8-6-5-7-11(14)2)9-18-13-10-19-20(3)16(21)15(13)17/h5-8,10,12,18H,4,9H2,1-3H3. The minimum atomic E-state index is -0.320. The number of anilines is 1. The molecule has 1 heterocycles. The van der Waals surface area contributed by atoms with E-state index in [1.165, 1.54) is 4.68 Å². The van der Waals surface area contributed by atoms with Gasteiger partial charge in [-0.25, -0.2) is 4.68 Å². The number of nitrogens with one attached hydrogen (secondary N) is 1. The third-order valence-electron chi connectivity index (χ3n) is 3.44. The SMILES string of the molecule is CCC(CNc1cnn(C)c(=O)c1Cl)Oc1ccccc1C. The van der Waals surface area contributed by atoms with Crippen molar-refractivity contribution in [1.29, 1.82) is 0 Å². The van der Waals surface area contributed by atoms with E-state index in [9.17, 15) is 4.79 Å². The molecule has 1 unspecified atom stereocenters. The summed E-state index contributed by atoms with van der Waals surface area (Å²) in [4.78, 5) is 11.7. The van der Waals surface area contributed by atoms with Crippen molar-refractivity contribution in [3.63, 3.8) is 0 Å². The van der Waals surface area contributed by atoms with Crippen LogP contribution in [0.1, 0.15) is 18.9 Å². The number of hydrogen-bond acceptors (Lipinski definition) is 4. The molecule has 2 aromatic rings. The molecule has 0 aliphatic rings. The lowest BCUT2D eigenvalue weighted by molar-refractivity contribution is 0.208. The third-order valence-corrected chi connectivity index (χ3v) is 3.81. The molecule has 1 N–H and O–H groups in total. The number of rotatable bonds is 6. The number of nitrogens with zero attached hydrogens (tertiary/aromatic N) is 2. The van der Waals surface area contributed by atoms with Crippen molar-refractivity contribution >= 4 is 17.3 Å². The maximum absolute atomic E-state index is 11.7. The molecule has 0 radical (unpaired) electrons. The van der Waals surface area contributed by atoms with Crippen LogP contribution in [0, 0.1) is 6.92 Å². The van der Waals surface area contributed by atoms with Gasteiger partial charge in [0.05, 0.1) is 18.4 Å². The van der Waals surface area contributed by atoms with Gasteiger partial charge in [0.15, 0.2) is 0 Å². The van der Waals surface area contributed by atoms with Crippen LogP contribution in [0.4, 0.5) is 5.69 Å². The Morgan fingerprint density at radius 1 is 1.41 bits per heavy atom. The van der Waals surface area contributed by atoms with Crippen molar-refractivity contribution in [3.8, 4) is 5.75 Å². The summed E-state index contributed by atoms with van der Waals surface area (Å²) < 4.78 is 7.20. The maximum atomic E-state index is 11.7. The van der Waals surface area contributed by atoms with Gasteiger partial charge in [0, 0.05) is 7.05 Å². The Hall–Kier alpha value is -2.01. The van der Waals surface area contributed by atoms with Crippen molar-refractivity contribution in [2.75, 3.05) is 11.9 Å². The predicted molar refractivity (Wildman–Crippen MR) is 88.9 cm³/mol. The summed E-state index contributed by atoms with van der Waals surface area (Å²) in [5.74, 6) is 0.865. The average molecular weight is 322 g/mol. The van der Waals surface area contributed by atoms with Crippen LogP contribution >= 0.6 is 11.6 Å². The zero-order valence-corrected chi connectivity index (χ0v) is 13.7. The molecule has 0 aliphatic carbocycles. The van der Waals surface area contributed by atoms with Crippen LogP contribution in [-0.2, 0) is 7.05 Å². The molecule has 6 heteroatoms. The second-order valence-electron chi connectivity index (χ2n) is 5.10. The van der Waals surface area contributed by atoms with Crippen LogP contribution in [0.5, 0.6) is 5.75 Å². The Bertz CT molecular complexity index is 700. The van der Waals surface area contributed by atoms with E-state index >= 15 is 0 Å². The first-order chi connectivity index (χ1) is 10.5. The van der Waals surface area contributed by atoms with Crippen molar-refractivity contribution in [2.45, 2.75) is 26.4 Å². The highest BCUT2D eigenvalue weighted by atomic mass is 35.5. The normalized spacial score (nSPS) is 12.0. The highest BCUT2D eigenvalue weighted by Crippen LogP contribution is 2.20. The predicted octanol–water partition coefficient (Wildman–Crippen LogP) is 3.01. The van der Waals surface area contributed by atoms with Gasteiger partial charge in [-0.15, -0.1) is 0 Å². The largest absolute Gasteiger partial charge is 0.488 e. The topological polar surface area (TPSA) is 56.2 Å². The van der Waals surface area contributed by atoms with Gasteiger partial charge in [0.2, 0.25) is 0 Å². The minimum Gasteiger partial charge on any atom is -0.488 e. The quantitative estimate of drug-likeness (QED) is 0.888. The molecule has 0 fully saturated rings. The van der Waals surface area contributed by atoms with E-state index in [0.717, 1.165) is 17.7 Å². The number of hydrogen-bond donors (Lipinski definition) is 1. The van der Waals surface area contributed by atoms with Gasteiger partial charge in [-0.05, 0) is 25.0 Å². The smallest absolute Gasteiger partial charge is 0.287 e. The molecule has 0 saturated heterocycles. The Balaban J connectivity index is 2.04. The van der Waals surface area contributed by atoms with E-state index < -0.39 is 0 Å². The summed E-state index contributed by atoms with van der Waals surface area (Å²) in [7, 11) is 1.56. The summed E-state index contributed by atoms with van der Waals surface area (Å²) in [6.45, 7) is 4.60. The molecule has 0 bridgehead atoms. The van der Waals surface area contributed by atoms with Gasteiger partial charge in [0.1, 0.15) is 16.9 Å². The Morgan fingerprint density at radius 2 is 2.14 bits per heavy atom. The minimum absolute atomic E-state index is 0.0266. The molecule has 0 amide bonds. The lowest BCUT2D eigenvalue weighted by Gasteiger charge is -2.20. The van der Waals surface area contributed by atoms with Gasteiger partial charge in [-0.2, -0.15) is 5.10 Å². The fourth-order valence-corrected chi connectivity index (χ4v) is 2.23. The molecule has 118 valence electrons. The molecular formula is C16H20ClN3O2. The number of aryl methyl sites for hydroxylation is 2. The van der Waals surface area contributed by atoms with E-state index in [4.69, 9.17) is 16.3 Å². The molecule has 1 aromatic carbocycles. The van der Waals surface area contributed by atoms with Gasteiger partial charge in [-0.1, -0.05) is 36.7 Å². The lowest BCUT2D eigenvalue weighted by Crippen LogP contribution is -2.27. The first-order valence-electron chi connectivity index (χ1n) is 7.21. The first-order valence-corrected chi connectivity index (χ1v) is 7.58. The first kappa shape index (κ1) is 16.4. The highest BCUT2D eigenvalue weighted by molar-refractivity contribution is 6.32. The summed E-state index contributed by atoms with van der Waals surface area (Å²) in [5.41, 5.74) is 1.30. The fraction of sp³-hybridized carbons (Fsp3) is 0.375. The number of halogens is 1. The molecular weight excluding hydrogens is 302 g/mol. The number of para-hydroxylation sites is 1. The summed E-state index contributed by atoms with van der Waals surface area (Å²) in [6, 6.07) is 7.89. The maximum Gasteiger partial charge on any atom is 0.287 e. The molecule has 0 aliphatic heterocycles. The number of ether oxygens (including phenoxy) is 1. The van der Waals surface area contributed by atoms with E-state index in [1.807, 2.05) is 31.2 Å². The van der Waals surface area contributed by atoms with Gasteiger partial charge in [-0.3, -0.25) is 4.79 Å². The zero-order chi connectivity index (χ0) is 16.1. The van der Waals surface area contributed by atoms with Gasteiger partial charge < -0.3 is 10.1 Å². The lowest BCUT2D eigenvalue weighted by atomic mass is 10.2. The van der Waals surface area contributed by atoms with Crippen LogP contribution < -0.4 is 15.6 Å². The van der Waals surface area contributed by atoms with Crippen LogP contribution in [0.25, 0.3) is 0 Å². The van der Waals surface area contributed by atoms with E-state index in [-0.39, 0.29) is 16.7 Å². The average Bonchev–Trinajstić information content (AvgIpc) is 2.52. The summed E-state index contributed by atoms with van der Waals surface area (Å²) in [6.07, 6.45) is 2.35. The monoisotopic (exact) mass is 321 g/mol. The Labute approximate surface area is 134 Å². The fourth-order valence-electron chi connectivity index (χ4n) is 2.00. The van der Waals surface area contributed by atoms with E-state index in [1.54, 1.807) is 13.2 Å². The van der Waals surface area contributed by atoms with Gasteiger partial charge >= 0.3 is 0 Å². The number of aromatic nitrogens is 2. The van der Waals surface area contributed by atoms with E-state index in [2.05, 4.69) is 17.3 Å². The Kier molecular flexibility index (Phi) is 5.44. The highest BCUT2D eigenvalue weighted by Gasteiger charge is 2.12. The van der Waals surface area contributed by atoms with Crippen molar-refractivity contribution in [2.24, 2.45) is 7.05 Å². The van der Waals surface area contributed by atoms with Crippen LogP contribution in [0.2, 0.25) is 5.02 Å². The molecule has 0 spiro atoms. The van der Waals surface area contributed by atoms with E-state index in [0.29, 0.717) is 12.2 Å². The van der Waals surface area contributed by atoms with Crippen LogP contribution in [-0.4, -0.2) is 22.4 Å². The van der Waals surface area contributed by atoms with Crippen molar-refractivity contribution in [3.05, 3.63) is 51.4 Å². The van der Waals surface area contributed by atoms with Crippen LogP contribution in [0.15, 0.2) is 35.3 Å². The summed E-state index contributed by atoms with van der Waals surface area (Å²) in [5, 5.41) is 7.24. The zero-order valence-electron chi connectivity index (χ0n) is 13.0. The number of benzene rings is 1. The second kappa shape index (κ2) is 7.31. The van der Waals surface area contributed by atoms with Gasteiger partial charge in [0.25, 0.3) is 5.56 Å². The summed E-state index contributed by atoms with van der Waals surface area (Å²) >= 11 is 6.03. The van der Waals surface area contributed by atoms with Crippen molar-refractivity contribution in [1.82, 2.24) is 9.78 Å². The molecule has 2 rings (SSSR count). The van der Waals surface area contributed by atoms with Crippen molar-refractivity contribution < 1.29 is 4.74 Å². The molecule has 1 atom stereocenters. The molecule has 5 nitrogen and oxygen atoms in total. The van der Waals surface area contributed by atoms with Crippen LogP contribution in [0.3, 0.4) is 0 Å².